The topological polar surface area (TPSA) is 129 Å². The van der Waals surface area contributed by atoms with E-state index in [4.69, 9.17) is 5.41 Å². The maximum absolute atomic E-state index is 12.5. The Bertz CT molecular complexity index is 1040. The van der Waals surface area contributed by atoms with Crippen LogP contribution < -0.4 is 10.6 Å². The second kappa shape index (κ2) is 18.1. The minimum absolute atomic E-state index is 0.0531. The van der Waals surface area contributed by atoms with Gasteiger partial charge in [0.05, 0.1) is 17.9 Å². The van der Waals surface area contributed by atoms with Crippen molar-refractivity contribution in [2.24, 2.45) is 18.9 Å². The second-order valence-corrected chi connectivity index (χ2v) is 10.7. The number of allylic oxidation sites excluding steroid dienone is 2. The molecule has 3 unspecified atom stereocenters. The van der Waals surface area contributed by atoms with Crippen molar-refractivity contribution < 1.29 is 9.59 Å². The summed E-state index contributed by atoms with van der Waals surface area (Å²) in [5.74, 6) is 2.37. The van der Waals surface area contributed by atoms with Crippen LogP contribution in [0.2, 0.25) is 0 Å². The third-order valence-corrected chi connectivity index (χ3v) is 6.88. The van der Waals surface area contributed by atoms with Gasteiger partial charge in [-0.1, -0.05) is 52.5 Å². The number of aryl methyl sites for hydroxylation is 2. The van der Waals surface area contributed by atoms with Gasteiger partial charge in [-0.2, -0.15) is 5.10 Å². The third kappa shape index (κ3) is 13.9. The molecule has 1 saturated heterocycles. The molecule has 218 valence electrons. The fourth-order valence-corrected chi connectivity index (χ4v) is 3.95. The van der Waals surface area contributed by atoms with E-state index in [-0.39, 0.29) is 17.9 Å². The van der Waals surface area contributed by atoms with Crippen molar-refractivity contribution in [3.8, 4) is 0 Å². The van der Waals surface area contributed by atoms with Gasteiger partial charge in [0.2, 0.25) is 5.91 Å². The lowest BCUT2D eigenvalue weighted by Crippen LogP contribution is -2.33. The van der Waals surface area contributed by atoms with E-state index in [1.165, 1.54) is 18.4 Å². The molecule has 39 heavy (non-hydrogen) atoms. The largest absolute Gasteiger partial charge is 0.356 e. The zero-order valence-corrected chi connectivity index (χ0v) is 25.4. The first-order valence-corrected chi connectivity index (χ1v) is 14.3. The lowest BCUT2D eigenvalue weighted by Gasteiger charge is -2.18. The predicted octanol–water partition coefficient (Wildman–Crippen LogP) is 6.05. The van der Waals surface area contributed by atoms with E-state index in [0.717, 1.165) is 50.2 Å². The van der Waals surface area contributed by atoms with E-state index in [9.17, 15) is 9.59 Å². The lowest BCUT2D eigenvalue weighted by atomic mass is 9.98. The van der Waals surface area contributed by atoms with Gasteiger partial charge in [0, 0.05) is 31.9 Å². The number of carbonyl (C=O) groups excluding carboxylic acids is 2. The Morgan fingerprint density at radius 2 is 2.03 bits per heavy atom. The third-order valence-electron chi connectivity index (χ3n) is 6.88. The summed E-state index contributed by atoms with van der Waals surface area (Å²) in [6.45, 7) is 15.3. The summed E-state index contributed by atoms with van der Waals surface area (Å²) in [5.41, 5.74) is 3.44. The molecule has 9 heteroatoms. The number of aromatic amines is 1. The Kier molecular flexibility index (Phi) is 15.7. The summed E-state index contributed by atoms with van der Waals surface area (Å²) in [7, 11) is 1.77. The summed E-state index contributed by atoms with van der Waals surface area (Å²) >= 11 is 0. The molecule has 2 amide bonds. The Hall–Kier alpha value is -3.23. The molecule has 1 aliphatic rings. The Morgan fingerprint density at radius 1 is 1.31 bits per heavy atom. The zero-order valence-electron chi connectivity index (χ0n) is 25.4. The Morgan fingerprint density at radius 3 is 2.46 bits per heavy atom. The molecule has 1 aliphatic heterocycles. The molecule has 2 aromatic heterocycles. The Labute approximate surface area is 235 Å². The molecule has 1 fully saturated rings. The van der Waals surface area contributed by atoms with Crippen LogP contribution in [0.4, 0.5) is 0 Å². The van der Waals surface area contributed by atoms with Gasteiger partial charge in [-0.25, -0.2) is 4.98 Å². The number of nitrogens with one attached hydrogen (secondary N) is 4. The van der Waals surface area contributed by atoms with Crippen LogP contribution in [0.1, 0.15) is 115 Å². The van der Waals surface area contributed by atoms with Crippen LogP contribution in [0.25, 0.3) is 0 Å². The molecule has 0 aliphatic carbocycles. The first-order chi connectivity index (χ1) is 18.5. The molecule has 0 saturated carbocycles. The van der Waals surface area contributed by atoms with Crippen LogP contribution in [0.15, 0.2) is 30.1 Å². The average Bonchev–Trinajstić information content (AvgIpc) is 3.53. The lowest BCUT2D eigenvalue weighted by molar-refractivity contribution is -0.122. The number of nitrogens with zero attached hydrogens (tertiary/aromatic N) is 3. The van der Waals surface area contributed by atoms with E-state index in [0.29, 0.717) is 23.2 Å². The Balaban J connectivity index is 0.000000387. The van der Waals surface area contributed by atoms with Crippen molar-refractivity contribution in [3.63, 3.8) is 0 Å². The maximum atomic E-state index is 12.5. The van der Waals surface area contributed by atoms with Gasteiger partial charge in [-0.3, -0.25) is 14.3 Å². The minimum Gasteiger partial charge on any atom is -0.356 e. The summed E-state index contributed by atoms with van der Waals surface area (Å²) < 4.78 is 1.59. The quantitative estimate of drug-likeness (QED) is 0.273. The van der Waals surface area contributed by atoms with Crippen LogP contribution in [0.5, 0.6) is 0 Å². The molecule has 2 aromatic rings. The molecule has 0 bridgehead atoms. The van der Waals surface area contributed by atoms with E-state index in [1.54, 1.807) is 30.9 Å². The number of hydrogen-bond acceptors (Lipinski definition) is 5. The molecule has 0 radical (unpaired) electrons. The normalized spacial score (nSPS) is 16.6. The van der Waals surface area contributed by atoms with Crippen LogP contribution in [0.3, 0.4) is 0 Å². The van der Waals surface area contributed by atoms with Crippen molar-refractivity contribution in [1.29, 1.82) is 5.41 Å². The fraction of sp³-hybridized carbons (Fsp3) is 0.633. The highest BCUT2D eigenvalue weighted by Crippen LogP contribution is 2.21. The van der Waals surface area contributed by atoms with Crippen LogP contribution in [-0.4, -0.2) is 43.8 Å². The highest BCUT2D eigenvalue weighted by atomic mass is 16.2. The smallest absolute Gasteiger partial charge is 0.270 e. The predicted molar refractivity (Wildman–Crippen MR) is 159 cm³/mol. The van der Waals surface area contributed by atoms with Crippen molar-refractivity contribution in [1.82, 2.24) is 30.4 Å². The van der Waals surface area contributed by atoms with Crippen molar-refractivity contribution in [2.75, 3.05) is 6.54 Å². The number of H-pyrrole nitrogens is 1. The summed E-state index contributed by atoms with van der Waals surface area (Å²) in [5, 5.41) is 17.0. The van der Waals surface area contributed by atoms with E-state index >= 15 is 0 Å². The summed E-state index contributed by atoms with van der Waals surface area (Å²) in [4.78, 5) is 30.5. The molecule has 3 heterocycles. The minimum atomic E-state index is -0.106. The molecule has 0 spiro atoms. The van der Waals surface area contributed by atoms with E-state index in [2.05, 4.69) is 53.4 Å². The number of amides is 2. The summed E-state index contributed by atoms with van der Waals surface area (Å²) in [6, 6.07) is 1.67. The highest BCUT2D eigenvalue weighted by molar-refractivity contribution is 5.92. The molecule has 9 nitrogen and oxygen atoms in total. The average molecular weight is 542 g/mol. The van der Waals surface area contributed by atoms with Crippen LogP contribution in [-0.2, 0) is 11.8 Å². The van der Waals surface area contributed by atoms with Crippen LogP contribution >= 0.6 is 0 Å². The summed E-state index contributed by atoms with van der Waals surface area (Å²) in [6.07, 6.45) is 12.5. The monoisotopic (exact) mass is 541 g/mol. The van der Waals surface area contributed by atoms with Gasteiger partial charge in [0.25, 0.3) is 5.91 Å². The van der Waals surface area contributed by atoms with Gasteiger partial charge >= 0.3 is 0 Å². The first-order valence-electron chi connectivity index (χ1n) is 14.3. The second-order valence-electron chi connectivity index (χ2n) is 10.7. The zero-order chi connectivity index (χ0) is 29.4. The van der Waals surface area contributed by atoms with E-state index in [1.807, 2.05) is 26.1 Å². The number of imidazole rings is 1. The highest BCUT2D eigenvalue weighted by Gasteiger charge is 2.19. The molecule has 0 aromatic carbocycles. The number of rotatable bonds is 10. The number of hydrogen-bond donors (Lipinski definition) is 4. The van der Waals surface area contributed by atoms with Crippen molar-refractivity contribution in [3.05, 3.63) is 47.3 Å². The van der Waals surface area contributed by atoms with Gasteiger partial charge in [0.15, 0.2) is 0 Å². The van der Waals surface area contributed by atoms with E-state index < -0.39 is 0 Å². The van der Waals surface area contributed by atoms with Crippen LogP contribution in [0, 0.1) is 24.2 Å². The molecule has 4 N–H and O–H groups in total. The van der Waals surface area contributed by atoms with Crippen molar-refractivity contribution in [2.45, 2.75) is 99.5 Å². The molecular weight excluding hydrogens is 490 g/mol. The molecular formula is C30H51N7O2. The SMILES string of the molecule is CC/C(C)=C\C(C)=N.CC1CCC(=O)NC1.CCC(C)CCCC(NC(=O)c1ccnn1C)c1cnc(C)[nH]1. The van der Waals surface area contributed by atoms with Gasteiger partial charge in [-0.15, -0.1) is 0 Å². The standard InChI is InChI=1S/C17H27N5O.C7H13N.C6H11NO/c1-5-12(2)7-6-8-14(15-11-18-13(3)20-15)21-17(23)16-9-10-19-22(16)4;1-4-6(2)5-7(3)8;1-5-2-3-6(8)7-4-5/h9-12,14H,5-8H2,1-4H3,(H,18,20)(H,21,23);5,8H,4H2,1-3H3;5H,2-4H2,1H3,(H,7,8)/b;6-5-,8-7?;. The maximum Gasteiger partial charge on any atom is 0.270 e. The number of aromatic nitrogens is 4. The molecule has 3 atom stereocenters. The fourth-order valence-electron chi connectivity index (χ4n) is 3.95. The van der Waals surface area contributed by atoms with Gasteiger partial charge in [-0.05, 0) is 64.0 Å². The van der Waals surface area contributed by atoms with Gasteiger partial charge in [0.1, 0.15) is 11.5 Å². The van der Waals surface area contributed by atoms with Gasteiger partial charge < -0.3 is 21.0 Å². The molecule has 3 rings (SSSR count). The van der Waals surface area contributed by atoms with Crippen molar-refractivity contribution >= 4 is 17.5 Å². The number of carbonyl (C=O) groups is 2. The first kappa shape index (κ1) is 33.8. The number of piperidine rings is 1.